The summed E-state index contributed by atoms with van der Waals surface area (Å²) in [5.74, 6) is 2.36. The molecule has 3 nitrogen and oxygen atoms in total. The molecule has 1 aromatic rings. The van der Waals surface area contributed by atoms with Crippen molar-refractivity contribution in [3.05, 3.63) is 34.3 Å². The van der Waals surface area contributed by atoms with Crippen LogP contribution >= 0.6 is 15.9 Å². The molecule has 0 bridgehead atoms. The number of benzene rings is 1. The van der Waals surface area contributed by atoms with Crippen molar-refractivity contribution < 1.29 is 4.79 Å². The molecular formula is C12H13BrN2O. The third-order valence-electron chi connectivity index (χ3n) is 2.02. The van der Waals surface area contributed by atoms with E-state index in [4.69, 9.17) is 6.42 Å². The molecule has 0 saturated carbocycles. The van der Waals surface area contributed by atoms with Crippen LogP contribution in [0.1, 0.15) is 5.56 Å². The van der Waals surface area contributed by atoms with Crippen LogP contribution in [0.2, 0.25) is 0 Å². The fourth-order valence-corrected chi connectivity index (χ4v) is 1.46. The Kier molecular flexibility index (Phi) is 4.87. The predicted molar refractivity (Wildman–Crippen MR) is 67.8 cm³/mol. The summed E-state index contributed by atoms with van der Waals surface area (Å²) < 4.78 is 1.02. The monoisotopic (exact) mass is 280 g/mol. The second kappa shape index (κ2) is 6.19. The second-order valence-electron chi connectivity index (χ2n) is 3.35. The van der Waals surface area contributed by atoms with Crippen molar-refractivity contribution in [2.75, 3.05) is 13.6 Å². The first kappa shape index (κ1) is 12.6. The van der Waals surface area contributed by atoms with Crippen LogP contribution in [0.5, 0.6) is 0 Å². The Bertz CT molecular complexity index is 394. The van der Waals surface area contributed by atoms with Gasteiger partial charge in [-0.1, -0.05) is 34.0 Å². The zero-order valence-corrected chi connectivity index (χ0v) is 10.6. The molecule has 2 amide bonds. The van der Waals surface area contributed by atoms with Gasteiger partial charge in [0.15, 0.2) is 0 Å². The minimum atomic E-state index is -0.166. The Labute approximate surface area is 104 Å². The summed E-state index contributed by atoms with van der Waals surface area (Å²) in [7, 11) is 1.73. The van der Waals surface area contributed by atoms with Crippen LogP contribution in [0.3, 0.4) is 0 Å². The van der Waals surface area contributed by atoms with Gasteiger partial charge in [-0.3, -0.25) is 0 Å². The highest BCUT2D eigenvalue weighted by molar-refractivity contribution is 9.10. The average molecular weight is 281 g/mol. The number of nitrogens with zero attached hydrogens (tertiary/aromatic N) is 1. The summed E-state index contributed by atoms with van der Waals surface area (Å²) in [6, 6.07) is 7.66. The number of hydrogen-bond donors (Lipinski definition) is 1. The van der Waals surface area contributed by atoms with Crippen molar-refractivity contribution in [1.82, 2.24) is 10.2 Å². The quantitative estimate of drug-likeness (QED) is 0.847. The second-order valence-corrected chi connectivity index (χ2v) is 4.26. The summed E-state index contributed by atoms with van der Waals surface area (Å²) in [6.07, 6.45) is 5.06. The van der Waals surface area contributed by atoms with E-state index in [0.29, 0.717) is 6.54 Å². The van der Waals surface area contributed by atoms with Gasteiger partial charge in [0, 0.05) is 18.1 Å². The zero-order chi connectivity index (χ0) is 12.0. The van der Waals surface area contributed by atoms with Gasteiger partial charge in [-0.2, -0.15) is 0 Å². The summed E-state index contributed by atoms with van der Waals surface area (Å²) in [4.78, 5) is 13.1. The van der Waals surface area contributed by atoms with Gasteiger partial charge >= 0.3 is 6.03 Å². The maximum Gasteiger partial charge on any atom is 0.318 e. The lowest BCUT2D eigenvalue weighted by Crippen LogP contribution is -2.36. The topological polar surface area (TPSA) is 32.3 Å². The van der Waals surface area contributed by atoms with Crippen LogP contribution in [0.25, 0.3) is 0 Å². The molecule has 0 aliphatic carbocycles. The molecular weight excluding hydrogens is 268 g/mol. The number of carbonyl (C=O) groups is 1. The third-order valence-corrected chi connectivity index (χ3v) is 2.55. The van der Waals surface area contributed by atoms with Crippen molar-refractivity contribution >= 4 is 22.0 Å². The first-order valence-corrected chi connectivity index (χ1v) is 5.59. The molecule has 0 saturated heterocycles. The molecule has 1 rings (SSSR count). The summed E-state index contributed by atoms with van der Waals surface area (Å²) in [5, 5.41) is 2.61. The van der Waals surface area contributed by atoms with E-state index in [9.17, 15) is 4.79 Å². The van der Waals surface area contributed by atoms with Crippen molar-refractivity contribution in [2.45, 2.75) is 6.54 Å². The van der Waals surface area contributed by atoms with Crippen LogP contribution in [-0.2, 0) is 6.54 Å². The van der Waals surface area contributed by atoms with E-state index in [1.54, 1.807) is 11.9 Å². The molecule has 0 aliphatic heterocycles. The highest BCUT2D eigenvalue weighted by Gasteiger charge is 2.07. The lowest BCUT2D eigenvalue weighted by atomic mass is 10.2. The molecule has 0 aromatic heterocycles. The maximum atomic E-state index is 11.5. The molecule has 1 aromatic carbocycles. The van der Waals surface area contributed by atoms with Gasteiger partial charge < -0.3 is 10.2 Å². The Hall–Kier alpha value is -1.47. The standard InChI is InChI=1S/C12H13BrN2O/c1-3-8-14-12(16)15(2)9-10-4-6-11(13)7-5-10/h1,4-7H,8-9H2,2H3,(H,14,16). The van der Waals surface area contributed by atoms with Gasteiger partial charge in [0.1, 0.15) is 0 Å². The van der Waals surface area contributed by atoms with E-state index in [1.807, 2.05) is 24.3 Å². The van der Waals surface area contributed by atoms with Crippen molar-refractivity contribution in [3.63, 3.8) is 0 Å². The molecule has 16 heavy (non-hydrogen) atoms. The first-order valence-electron chi connectivity index (χ1n) is 4.80. The Morgan fingerprint density at radius 3 is 2.69 bits per heavy atom. The molecule has 0 aliphatic rings. The van der Waals surface area contributed by atoms with Crippen LogP contribution in [0, 0.1) is 12.3 Å². The lowest BCUT2D eigenvalue weighted by molar-refractivity contribution is 0.208. The van der Waals surface area contributed by atoms with Crippen molar-refractivity contribution in [3.8, 4) is 12.3 Å². The van der Waals surface area contributed by atoms with Gasteiger partial charge in [0.2, 0.25) is 0 Å². The van der Waals surface area contributed by atoms with Crippen LogP contribution in [0.4, 0.5) is 4.79 Å². The van der Waals surface area contributed by atoms with Crippen molar-refractivity contribution in [1.29, 1.82) is 0 Å². The van der Waals surface area contributed by atoms with Crippen LogP contribution in [-0.4, -0.2) is 24.5 Å². The molecule has 4 heteroatoms. The van der Waals surface area contributed by atoms with E-state index >= 15 is 0 Å². The van der Waals surface area contributed by atoms with Crippen LogP contribution in [0.15, 0.2) is 28.7 Å². The third kappa shape index (κ3) is 3.95. The maximum absolute atomic E-state index is 11.5. The molecule has 1 N–H and O–H groups in total. The highest BCUT2D eigenvalue weighted by Crippen LogP contribution is 2.11. The van der Waals surface area contributed by atoms with E-state index in [1.165, 1.54) is 0 Å². The number of carbonyl (C=O) groups excluding carboxylic acids is 1. The number of halogens is 1. The van der Waals surface area contributed by atoms with E-state index in [0.717, 1.165) is 10.0 Å². The summed E-state index contributed by atoms with van der Waals surface area (Å²) in [5.41, 5.74) is 1.07. The molecule has 84 valence electrons. The minimum Gasteiger partial charge on any atom is -0.327 e. The number of rotatable bonds is 3. The number of nitrogens with one attached hydrogen (secondary N) is 1. The molecule has 0 heterocycles. The smallest absolute Gasteiger partial charge is 0.318 e. The number of amides is 2. The van der Waals surface area contributed by atoms with E-state index in [-0.39, 0.29) is 12.6 Å². The Morgan fingerprint density at radius 2 is 2.12 bits per heavy atom. The molecule has 0 unspecified atom stereocenters. The molecule has 0 radical (unpaired) electrons. The largest absolute Gasteiger partial charge is 0.327 e. The normalized spacial score (nSPS) is 9.31. The minimum absolute atomic E-state index is 0.166. The molecule has 0 fully saturated rings. The predicted octanol–water partition coefficient (Wildman–Crippen LogP) is 2.22. The Balaban J connectivity index is 2.51. The number of urea groups is 1. The van der Waals surface area contributed by atoms with E-state index in [2.05, 4.69) is 27.2 Å². The van der Waals surface area contributed by atoms with Gasteiger partial charge in [-0.15, -0.1) is 6.42 Å². The molecule has 0 atom stereocenters. The molecule has 0 spiro atoms. The summed E-state index contributed by atoms with van der Waals surface area (Å²) >= 11 is 3.36. The average Bonchev–Trinajstić information content (AvgIpc) is 2.29. The van der Waals surface area contributed by atoms with Gasteiger partial charge in [0.25, 0.3) is 0 Å². The fourth-order valence-electron chi connectivity index (χ4n) is 1.20. The van der Waals surface area contributed by atoms with Crippen LogP contribution < -0.4 is 5.32 Å². The van der Waals surface area contributed by atoms with Gasteiger partial charge in [-0.25, -0.2) is 4.79 Å². The van der Waals surface area contributed by atoms with Crippen molar-refractivity contribution in [2.24, 2.45) is 0 Å². The lowest BCUT2D eigenvalue weighted by Gasteiger charge is -2.17. The first-order chi connectivity index (χ1) is 7.63. The number of terminal acetylenes is 1. The van der Waals surface area contributed by atoms with Gasteiger partial charge in [0.05, 0.1) is 6.54 Å². The van der Waals surface area contributed by atoms with E-state index < -0.39 is 0 Å². The Morgan fingerprint density at radius 1 is 1.50 bits per heavy atom. The number of hydrogen-bond acceptors (Lipinski definition) is 1. The zero-order valence-electron chi connectivity index (χ0n) is 9.03. The van der Waals surface area contributed by atoms with Gasteiger partial charge in [-0.05, 0) is 17.7 Å². The highest BCUT2D eigenvalue weighted by atomic mass is 79.9. The summed E-state index contributed by atoms with van der Waals surface area (Å²) in [6.45, 7) is 0.813. The fraction of sp³-hybridized carbons (Fsp3) is 0.250. The SMILES string of the molecule is C#CCNC(=O)N(C)Cc1ccc(Br)cc1.